The zero-order valence-corrected chi connectivity index (χ0v) is 18.4. The van der Waals surface area contributed by atoms with Gasteiger partial charge >= 0.3 is 6.36 Å². The number of thiazole rings is 1. The van der Waals surface area contributed by atoms with E-state index in [1.807, 2.05) is 35.7 Å². The lowest BCUT2D eigenvalue weighted by atomic mass is 10.2. The van der Waals surface area contributed by atoms with Crippen molar-refractivity contribution in [1.29, 1.82) is 0 Å². The Morgan fingerprint density at radius 1 is 1.16 bits per heavy atom. The Hall–Kier alpha value is -2.47. The van der Waals surface area contributed by atoms with Gasteiger partial charge in [-0.3, -0.25) is 4.90 Å². The van der Waals surface area contributed by atoms with E-state index in [1.54, 1.807) is 11.3 Å². The number of sulfonamides is 1. The van der Waals surface area contributed by atoms with Crippen molar-refractivity contribution in [3.8, 4) is 17.0 Å². The number of benzene rings is 2. The van der Waals surface area contributed by atoms with Gasteiger partial charge in [-0.25, -0.2) is 18.1 Å². The van der Waals surface area contributed by atoms with Crippen LogP contribution in [-0.4, -0.2) is 43.8 Å². The van der Waals surface area contributed by atoms with E-state index in [9.17, 15) is 21.6 Å². The molecule has 0 aliphatic carbocycles. The summed E-state index contributed by atoms with van der Waals surface area (Å²) in [5.74, 6) is -0.577. The maximum absolute atomic E-state index is 12.7. The van der Waals surface area contributed by atoms with Crippen LogP contribution in [0.15, 0.2) is 64.9 Å². The minimum atomic E-state index is -4.89. The summed E-state index contributed by atoms with van der Waals surface area (Å²) in [6.45, 7) is 1.77. The summed E-state index contributed by atoms with van der Waals surface area (Å²) in [5, 5.41) is 2.93. The fourth-order valence-corrected chi connectivity index (χ4v) is 5.66. The molecule has 0 unspecified atom stereocenters. The molecule has 0 spiro atoms. The normalized spacial score (nSPS) is 17.5. The predicted molar refractivity (Wildman–Crippen MR) is 115 cm³/mol. The van der Waals surface area contributed by atoms with Crippen LogP contribution in [-0.2, 0) is 16.6 Å². The molecule has 11 heteroatoms. The van der Waals surface area contributed by atoms with Gasteiger partial charge in [0.1, 0.15) is 10.8 Å². The van der Waals surface area contributed by atoms with Crippen LogP contribution in [0.3, 0.4) is 0 Å². The lowest BCUT2D eigenvalue weighted by Gasteiger charge is -2.16. The molecule has 1 aliphatic rings. The van der Waals surface area contributed by atoms with Crippen LogP contribution in [0.25, 0.3) is 11.3 Å². The molecule has 32 heavy (non-hydrogen) atoms. The topological polar surface area (TPSA) is 71.5 Å². The molecule has 1 aromatic heterocycles. The third-order valence-corrected chi connectivity index (χ3v) is 7.28. The minimum absolute atomic E-state index is 0.273. The lowest BCUT2D eigenvalue weighted by molar-refractivity contribution is -0.274. The number of likely N-dealkylation sites (tertiary alicyclic amines) is 1. The van der Waals surface area contributed by atoms with E-state index in [0.29, 0.717) is 26.1 Å². The van der Waals surface area contributed by atoms with Gasteiger partial charge in [0.25, 0.3) is 0 Å². The van der Waals surface area contributed by atoms with Gasteiger partial charge in [-0.15, -0.1) is 24.5 Å². The molecule has 0 bridgehead atoms. The van der Waals surface area contributed by atoms with Crippen LogP contribution in [0.5, 0.6) is 5.75 Å². The molecule has 3 aromatic rings. The van der Waals surface area contributed by atoms with E-state index in [1.165, 1.54) is 12.1 Å². The van der Waals surface area contributed by atoms with E-state index in [-0.39, 0.29) is 10.9 Å². The zero-order valence-electron chi connectivity index (χ0n) is 16.7. The fourth-order valence-electron chi connectivity index (χ4n) is 3.51. The molecular formula is C21H20F3N3O3S2. The molecule has 0 radical (unpaired) electrons. The predicted octanol–water partition coefficient (Wildman–Crippen LogP) is 4.26. The van der Waals surface area contributed by atoms with Crippen molar-refractivity contribution < 1.29 is 26.3 Å². The van der Waals surface area contributed by atoms with Crippen molar-refractivity contribution in [1.82, 2.24) is 14.6 Å². The van der Waals surface area contributed by atoms with E-state index in [0.717, 1.165) is 28.4 Å². The Morgan fingerprint density at radius 3 is 2.69 bits per heavy atom. The first kappa shape index (κ1) is 22.7. The maximum atomic E-state index is 12.7. The quantitative estimate of drug-likeness (QED) is 0.544. The number of alkyl halides is 3. The molecule has 1 atom stereocenters. The fraction of sp³-hybridized carbons (Fsp3) is 0.286. The second-order valence-electron chi connectivity index (χ2n) is 7.36. The maximum Gasteiger partial charge on any atom is 0.573 e. The second kappa shape index (κ2) is 9.18. The first-order valence-electron chi connectivity index (χ1n) is 9.78. The largest absolute Gasteiger partial charge is 0.573 e. The van der Waals surface area contributed by atoms with Crippen molar-refractivity contribution in [3.05, 3.63) is 65.0 Å². The van der Waals surface area contributed by atoms with Gasteiger partial charge in [-0.1, -0.05) is 36.4 Å². The highest BCUT2D eigenvalue weighted by molar-refractivity contribution is 7.89. The third-order valence-electron chi connectivity index (χ3n) is 4.92. The molecule has 1 saturated heterocycles. The standard InChI is InChI=1S/C21H20F3N3O3S2/c22-21(23,24)30-17-7-4-8-18(11-17)32(28,29)26-16-9-10-27(12-16)13-20-25-19(14-31-20)15-5-2-1-3-6-15/h1-8,11,14,16,26H,9-10,12-13H2/t16-/m1/s1. The van der Waals surface area contributed by atoms with E-state index < -0.39 is 22.1 Å². The Bertz CT molecular complexity index is 1170. The van der Waals surface area contributed by atoms with Crippen LogP contribution in [0.4, 0.5) is 13.2 Å². The van der Waals surface area contributed by atoms with E-state index in [4.69, 9.17) is 0 Å². The Morgan fingerprint density at radius 2 is 1.94 bits per heavy atom. The number of halogens is 3. The number of nitrogens with zero attached hydrogens (tertiary/aromatic N) is 2. The van der Waals surface area contributed by atoms with Crippen molar-refractivity contribution >= 4 is 21.4 Å². The highest BCUT2D eigenvalue weighted by Crippen LogP contribution is 2.26. The molecule has 1 fully saturated rings. The molecule has 1 N–H and O–H groups in total. The second-order valence-corrected chi connectivity index (χ2v) is 10.0. The molecule has 2 heterocycles. The number of hydrogen-bond acceptors (Lipinski definition) is 6. The molecule has 6 nitrogen and oxygen atoms in total. The van der Waals surface area contributed by atoms with Crippen molar-refractivity contribution in [2.75, 3.05) is 13.1 Å². The molecule has 4 rings (SSSR count). The first-order chi connectivity index (χ1) is 15.2. The Labute approximate surface area is 187 Å². The Kier molecular flexibility index (Phi) is 6.52. The number of hydrogen-bond donors (Lipinski definition) is 1. The van der Waals surface area contributed by atoms with Gasteiger partial charge in [0, 0.05) is 36.1 Å². The summed E-state index contributed by atoms with van der Waals surface area (Å²) in [6, 6.07) is 13.9. The van der Waals surface area contributed by atoms with E-state index >= 15 is 0 Å². The van der Waals surface area contributed by atoms with Crippen LogP contribution in [0, 0.1) is 0 Å². The summed E-state index contributed by atoms with van der Waals surface area (Å²) >= 11 is 1.55. The lowest BCUT2D eigenvalue weighted by Crippen LogP contribution is -2.37. The van der Waals surface area contributed by atoms with Crippen LogP contribution in [0.2, 0.25) is 0 Å². The monoisotopic (exact) mass is 483 g/mol. The summed E-state index contributed by atoms with van der Waals surface area (Å²) < 4.78 is 69.0. The highest BCUT2D eigenvalue weighted by atomic mass is 32.2. The average Bonchev–Trinajstić information content (AvgIpc) is 3.37. The average molecular weight is 484 g/mol. The molecule has 1 aliphatic heterocycles. The SMILES string of the molecule is O=S(=O)(N[C@@H]1CCN(Cc2nc(-c3ccccc3)cs2)C1)c1cccc(OC(F)(F)F)c1. The Balaban J connectivity index is 1.36. The molecular weight excluding hydrogens is 463 g/mol. The van der Waals surface area contributed by atoms with Crippen molar-refractivity contribution in [3.63, 3.8) is 0 Å². The smallest absolute Gasteiger partial charge is 0.406 e. The van der Waals surface area contributed by atoms with Gasteiger partial charge in [0.05, 0.1) is 17.1 Å². The molecule has 2 aromatic carbocycles. The van der Waals surface area contributed by atoms with Gasteiger partial charge in [0.15, 0.2) is 0 Å². The van der Waals surface area contributed by atoms with Crippen molar-refractivity contribution in [2.24, 2.45) is 0 Å². The van der Waals surface area contributed by atoms with Crippen LogP contribution < -0.4 is 9.46 Å². The number of rotatable bonds is 7. The number of nitrogens with one attached hydrogen (secondary N) is 1. The zero-order chi connectivity index (χ0) is 22.8. The molecule has 170 valence electrons. The van der Waals surface area contributed by atoms with Gasteiger partial charge < -0.3 is 4.74 Å². The number of aromatic nitrogens is 1. The number of ether oxygens (including phenoxy) is 1. The van der Waals surface area contributed by atoms with Crippen LogP contribution in [0.1, 0.15) is 11.4 Å². The minimum Gasteiger partial charge on any atom is -0.406 e. The summed E-state index contributed by atoms with van der Waals surface area (Å²) in [6.07, 6.45) is -4.30. The summed E-state index contributed by atoms with van der Waals surface area (Å²) in [4.78, 5) is 6.49. The highest BCUT2D eigenvalue weighted by Gasteiger charge is 2.32. The van der Waals surface area contributed by atoms with Gasteiger partial charge in [0.2, 0.25) is 10.0 Å². The molecule has 0 saturated carbocycles. The van der Waals surface area contributed by atoms with Gasteiger partial charge in [-0.2, -0.15) is 0 Å². The van der Waals surface area contributed by atoms with Crippen molar-refractivity contribution in [2.45, 2.75) is 30.3 Å². The van der Waals surface area contributed by atoms with Gasteiger partial charge in [-0.05, 0) is 18.6 Å². The summed E-state index contributed by atoms with van der Waals surface area (Å²) in [5.41, 5.74) is 1.95. The van der Waals surface area contributed by atoms with E-state index in [2.05, 4.69) is 19.3 Å². The van der Waals surface area contributed by atoms with Crippen LogP contribution >= 0.6 is 11.3 Å². The summed E-state index contributed by atoms with van der Waals surface area (Å²) in [7, 11) is -3.99. The first-order valence-corrected chi connectivity index (χ1v) is 12.1. The molecule has 0 amide bonds. The third kappa shape index (κ3) is 5.85.